The summed E-state index contributed by atoms with van der Waals surface area (Å²) in [5, 5.41) is 4.12. The van der Waals surface area contributed by atoms with Crippen molar-refractivity contribution in [2.24, 2.45) is 5.41 Å². The summed E-state index contributed by atoms with van der Waals surface area (Å²) in [5.41, 5.74) is 1.43. The summed E-state index contributed by atoms with van der Waals surface area (Å²) in [4.78, 5) is 0. The number of hydrogen-bond donors (Lipinski definition) is 1. The third-order valence-corrected chi connectivity index (χ3v) is 2.45. The van der Waals surface area contributed by atoms with Crippen LogP contribution < -0.4 is 10.1 Å². The minimum Gasteiger partial charge on any atom is -0.496 e. The highest BCUT2D eigenvalue weighted by molar-refractivity contribution is 6.30. The molecule has 2 nitrogen and oxygen atoms in total. The van der Waals surface area contributed by atoms with Crippen LogP contribution in [0.3, 0.4) is 0 Å². The quantitative estimate of drug-likeness (QED) is 0.872. The molecule has 0 saturated carbocycles. The summed E-state index contributed by atoms with van der Waals surface area (Å²) < 4.78 is 5.28. The van der Waals surface area contributed by atoms with E-state index in [1.165, 1.54) is 0 Å². The van der Waals surface area contributed by atoms with Gasteiger partial charge in [0.1, 0.15) is 5.75 Å². The van der Waals surface area contributed by atoms with Crippen molar-refractivity contribution in [3.05, 3.63) is 28.8 Å². The van der Waals surface area contributed by atoms with Gasteiger partial charge in [-0.25, -0.2) is 0 Å². The van der Waals surface area contributed by atoms with Crippen molar-refractivity contribution in [1.82, 2.24) is 5.32 Å². The lowest BCUT2D eigenvalue weighted by molar-refractivity contribution is 0.373. The van der Waals surface area contributed by atoms with Gasteiger partial charge < -0.3 is 10.1 Å². The average molecular weight is 242 g/mol. The summed E-state index contributed by atoms with van der Waals surface area (Å²) in [6, 6.07) is 5.73. The molecule has 0 amide bonds. The Morgan fingerprint density at radius 1 is 1.31 bits per heavy atom. The number of nitrogens with one attached hydrogen (secondary N) is 1. The van der Waals surface area contributed by atoms with E-state index in [9.17, 15) is 0 Å². The van der Waals surface area contributed by atoms with Gasteiger partial charge in [0, 0.05) is 23.7 Å². The lowest BCUT2D eigenvalue weighted by Gasteiger charge is -2.19. The first-order chi connectivity index (χ1) is 7.42. The Labute approximate surface area is 103 Å². The van der Waals surface area contributed by atoms with E-state index in [1.807, 2.05) is 18.2 Å². The normalized spacial score (nSPS) is 11.6. The molecule has 0 aliphatic heterocycles. The van der Waals surface area contributed by atoms with Crippen LogP contribution >= 0.6 is 11.6 Å². The second kappa shape index (κ2) is 5.55. The van der Waals surface area contributed by atoms with Crippen molar-refractivity contribution in [1.29, 1.82) is 0 Å². The van der Waals surface area contributed by atoms with E-state index in [2.05, 4.69) is 26.1 Å². The van der Waals surface area contributed by atoms with Crippen molar-refractivity contribution in [3.63, 3.8) is 0 Å². The number of rotatable bonds is 4. The van der Waals surface area contributed by atoms with Crippen LogP contribution in [-0.4, -0.2) is 13.7 Å². The number of benzene rings is 1. The molecule has 1 N–H and O–H groups in total. The second-order valence-electron chi connectivity index (χ2n) is 5.12. The van der Waals surface area contributed by atoms with Gasteiger partial charge in [0.15, 0.2) is 0 Å². The van der Waals surface area contributed by atoms with Crippen molar-refractivity contribution in [2.75, 3.05) is 13.7 Å². The molecule has 0 unspecified atom stereocenters. The number of hydrogen-bond acceptors (Lipinski definition) is 2. The van der Waals surface area contributed by atoms with Crippen molar-refractivity contribution >= 4 is 11.6 Å². The topological polar surface area (TPSA) is 21.3 Å². The third-order valence-electron chi connectivity index (χ3n) is 2.22. The van der Waals surface area contributed by atoms with Gasteiger partial charge in [-0.3, -0.25) is 0 Å². The first kappa shape index (κ1) is 13.3. The minimum atomic E-state index is 0.291. The molecule has 0 radical (unpaired) electrons. The van der Waals surface area contributed by atoms with Crippen molar-refractivity contribution < 1.29 is 4.74 Å². The zero-order valence-corrected chi connectivity index (χ0v) is 11.2. The molecule has 1 aromatic rings. The van der Waals surface area contributed by atoms with Crippen LogP contribution in [0.15, 0.2) is 18.2 Å². The Balaban J connectivity index is 2.60. The molecule has 0 spiro atoms. The molecular formula is C13H20ClNO. The smallest absolute Gasteiger partial charge is 0.124 e. The zero-order valence-electron chi connectivity index (χ0n) is 10.4. The lowest BCUT2D eigenvalue weighted by Crippen LogP contribution is -2.26. The fraction of sp³-hybridized carbons (Fsp3) is 0.538. The van der Waals surface area contributed by atoms with Gasteiger partial charge in [-0.05, 0) is 17.5 Å². The van der Waals surface area contributed by atoms with Gasteiger partial charge >= 0.3 is 0 Å². The second-order valence-corrected chi connectivity index (χ2v) is 5.56. The number of methoxy groups -OCH3 is 1. The van der Waals surface area contributed by atoms with Crippen LogP contribution in [0.4, 0.5) is 0 Å². The zero-order chi connectivity index (χ0) is 12.2. The molecule has 1 aromatic carbocycles. The van der Waals surface area contributed by atoms with Gasteiger partial charge in [-0.1, -0.05) is 38.4 Å². The molecule has 90 valence electrons. The monoisotopic (exact) mass is 241 g/mol. The highest BCUT2D eigenvalue weighted by atomic mass is 35.5. The molecule has 1 rings (SSSR count). The van der Waals surface area contributed by atoms with Crippen molar-refractivity contribution in [3.8, 4) is 5.75 Å². The Kier molecular flexibility index (Phi) is 4.63. The van der Waals surface area contributed by atoms with E-state index in [4.69, 9.17) is 16.3 Å². The molecule has 16 heavy (non-hydrogen) atoms. The summed E-state index contributed by atoms with van der Waals surface area (Å²) in [5.74, 6) is 0.842. The highest BCUT2D eigenvalue weighted by Crippen LogP contribution is 2.23. The van der Waals surface area contributed by atoms with E-state index >= 15 is 0 Å². The molecule has 0 aliphatic rings. The van der Waals surface area contributed by atoms with Crippen molar-refractivity contribution in [2.45, 2.75) is 27.3 Å². The summed E-state index contributed by atoms with van der Waals surface area (Å²) in [7, 11) is 1.67. The van der Waals surface area contributed by atoms with Crippen LogP contribution in [-0.2, 0) is 6.54 Å². The summed E-state index contributed by atoms with van der Waals surface area (Å²) >= 11 is 5.90. The maximum atomic E-state index is 5.90. The molecule has 0 atom stereocenters. The van der Waals surface area contributed by atoms with Gasteiger partial charge in [0.25, 0.3) is 0 Å². The van der Waals surface area contributed by atoms with Gasteiger partial charge in [-0.2, -0.15) is 0 Å². The van der Waals surface area contributed by atoms with E-state index in [0.29, 0.717) is 10.4 Å². The average Bonchev–Trinajstić information content (AvgIpc) is 2.18. The van der Waals surface area contributed by atoms with Crippen LogP contribution in [0.25, 0.3) is 0 Å². The first-order valence-corrected chi connectivity index (χ1v) is 5.83. The maximum absolute atomic E-state index is 5.90. The molecule has 0 aliphatic carbocycles. The molecule has 0 fully saturated rings. The van der Waals surface area contributed by atoms with Gasteiger partial charge in [0.2, 0.25) is 0 Å². The van der Waals surface area contributed by atoms with Gasteiger partial charge in [-0.15, -0.1) is 0 Å². The molecule has 0 aromatic heterocycles. The molecular weight excluding hydrogens is 222 g/mol. The summed E-state index contributed by atoms with van der Waals surface area (Å²) in [6.07, 6.45) is 0. The Morgan fingerprint density at radius 3 is 2.56 bits per heavy atom. The Bertz CT molecular complexity index is 344. The van der Waals surface area contributed by atoms with E-state index in [0.717, 1.165) is 24.4 Å². The molecule has 0 bridgehead atoms. The lowest BCUT2D eigenvalue weighted by atomic mass is 9.97. The van der Waals surface area contributed by atoms with E-state index < -0.39 is 0 Å². The number of halogens is 1. The third kappa shape index (κ3) is 4.42. The summed E-state index contributed by atoms with van der Waals surface area (Å²) in [6.45, 7) is 8.40. The van der Waals surface area contributed by atoms with Crippen LogP contribution in [0.1, 0.15) is 26.3 Å². The predicted molar refractivity (Wildman–Crippen MR) is 69.2 cm³/mol. The first-order valence-electron chi connectivity index (χ1n) is 5.45. The molecule has 3 heteroatoms. The molecule has 0 heterocycles. The SMILES string of the molecule is COc1cc(Cl)ccc1CNCC(C)(C)C. The Morgan fingerprint density at radius 2 is 2.00 bits per heavy atom. The molecule has 0 saturated heterocycles. The maximum Gasteiger partial charge on any atom is 0.124 e. The number of ether oxygens (including phenoxy) is 1. The Hall–Kier alpha value is -0.730. The van der Waals surface area contributed by atoms with E-state index in [1.54, 1.807) is 7.11 Å². The fourth-order valence-corrected chi connectivity index (χ4v) is 1.60. The van der Waals surface area contributed by atoms with Crippen LogP contribution in [0.5, 0.6) is 5.75 Å². The predicted octanol–water partition coefficient (Wildman–Crippen LogP) is 3.48. The fourth-order valence-electron chi connectivity index (χ4n) is 1.44. The largest absolute Gasteiger partial charge is 0.496 e. The van der Waals surface area contributed by atoms with Gasteiger partial charge in [0.05, 0.1) is 7.11 Å². The van der Waals surface area contributed by atoms with E-state index in [-0.39, 0.29) is 0 Å². The van der Waals surface area contributed by atoms with Crippen LogP contribution in [0.2, 0.25) is 5.02 Å². The van der Waals surface area contributed by atoms with Crippen LogP contribution in [0, 0.1) is 5.41 Å². The highest BCUT2D eigenvalue weighted by Gasteiger charge is 2.10. The standard InChI is InChI=1S/C13H20ClNO/c1-13(2,3)9-15-8-10-5-6-11(14)7-12(10)16-4/h5-7,15H,8-9H2,1-4H3. The minimum absolute atomic E-state index is 0.291.